The van der Waals surface area contributed by atoms with Gasteiger partial charge in [0.05, 0.1) is 5.60 Å². The van der Waals surface area contributed by atoms with Gasteiger partial charge >= 0.3 is 12.0 Å². The summed E-state index contributed by atoms with van der Waals surface area (Å²) in [5.74, 6) is -1.90. The molecule has 3 atom stereocenters. The van der Waals surface area contributed by atoms with E-state index in [0.717, 1.165) is 0 Å². The molecule has 1 unspecified atom stereocenters. The van der Waals surface area contributed by atoms with Crippen LogP contribution in [0.1, 0.15) is 55.9 Å². The van der Waals surface area contributed by atoms with Gasteiger partial charge in [-0.2, -0.15) is 8.78 Å². The van der Waals surface area contributed by atoms with Crippen LogP contribution in [-0.2, 0) is 4.79 Å². The number of carboxylic acid groups (broad SMARTS) is 1. The third kappa shape index (κ3) is 7.55. The number of halogens is 3. The summed E-state index contributed by atoms with van der Waals surface area (Å²) in [4.78, 5) is 27.1. The van der Waals surface area contributed by atoms with Crippen LogP contribution in [0, 0.1) is 11.8 Å². The predicted octanol–water partition coefficient (Wildman–Crippen LogP) is 5.47. The van der Waals surface area contributed by atoms with Gasteiger partial charge in [-0.25, -0.2) is 14.2 Å². The predicted molar refractivity (Wildman–Crippen MR) is 110 cm³/mol. The van der Waals surface area contributed by atoms with Gasteiger partial charge in [0.15, 0.2) is 15.9 Å². The second kappa shape index (κ2) is 11.1. The van der Waals surface area contributed by atoms with Crippen molar-refractivity contribution in [2.45, 2.75) is 55.4 Å². The fourth-order valence-corrected chi connectivity index (χ4v) is 5.20. The monoisotopic (exact) mass is 463 g/mol. The fraction of sp³-hybridized carbons (Fsp3) is 0.550. The number of carbonyl (C=O) groups excluding carboxylic acids is 1. The highest BCUT2D eigenvalue weighted by molar-refractivity contribution is 8.01. The number of allylic oxidation sites excluding steroid dienone is 2. The van der Waals surface area contributed by atoms with Crippen LogP contribution in [0.15, 0.2) is 33.8 Å². The molecule has 0 spiro atoms. The van der Waals surface area contributed by atoms with Gasteiger partial charge in [-0.3, -0.25) is 4.79 Å². The lowest BCUT2D eigenvalue weighted by Gasteiger charge is -2.21. The summed E-state index contributed by atoms with van der Waals surface area (Å²) in [5, 5.41) is 20.6. The minimum atomic E-state index is -2.36. The largest absolute Gasteiger partial charge is 0.476 e. The Balaban J connectivity index is 1.83. The molecular formula is C20H24F3NO4S2. The van der Waals surface area contributed by atoms with E-state index < -0.39 is 29.9 Å². The minimum absolute atomic E-state index is 0.0110. The molecule has 1 aliphatic carbocycles. The molecule has 0 radical (unpaired) electrons. The number of hydrogen-bond acceptors (Lipinski definition) is 6. The summed E-state index contributed by atoms with van der Waals surface area (Å²) in [6, 6.07) is 0. The van der Waals surface area contributed by atoms with Crippen molar-refractivity contribution in [1.82, 2.24) is 4.98 Å². The molecule has 1 heterocycles. The molecule has 30 heavy (non-hydrogen) atoms. The lowest BCUT2D eigenvalue weighted by molar-refractivity contribution is -0.121. The molecule has 0 saturated heterocycles. The Kier molecular flexibility index (Phi) is 9.11. The van der Waals surface area contributed by atoms with E-state index in [4.69, 9.17) is 5.11 Å². The van der Waals surface area contributed by atoms with Crippen LogP contribution in [0.25, 0.3) is 0 Å². The number of Topliss-reactive ketones (excluding diaryl/α,β-unsaturated/α-hetero) is 1. The standard InChI is InChI=1S/C20H24F3NO4S2/c1-20(28,9-6-14(21)17(22)23)8-2-3-12-4-5-16(25)13(12)7-10-29-19-24-15(11-30-19)18(26)27/h2-3,11-13,28H,4-10H2,1H3,(H,26,27)/t12?,13-,20+/m1/s1. The molecule has 1 aliphatic rings. The van der Waals surface area contributed by atoms with E-state index in [-0.39, 0.29) is 36.2 Å². The Morgan fingerprint density at radius 3 is 2.80 bits per heavy atom. The molecule has 1 saturated carbocycles. The van der Waals surface area contributed by atoms with Crippen molar-refractivity contribution in [1.29, 1.82) is 0 Å². The first-order chi connectivity index (χ1) is 14.1. The first kappa shape index (κ1) is 24.6. The number of aromatic nitrogens is 1. The van der Waals surface area contributed by atoms with Crippen molar-refractivity contribution in [3.05, 3.63) is 35.1 Å². The van der Waals surface area contributed by atoms with Crippen molar-refractivity contribution in [2.75, 3.05) is 5.75 Å². The molecular weight excluding hydrogens is 439 g/mol. The average Bonchev–Trinajstić information content (AvgIpc) is 3.28. The summed E-state index contributed by atoms with van der Waals surface area (Å²) >= 11 is 2.67. The molecule has 1 fully saturated rings. The molecule has 0 bridgehead atoms. The SMILES string of the molecule is C[C@](O)(CC=CC1CCC(=O)[C@@H]1CCSc1nc(C(=O)O)cs1)CCC(F)=C(F)F. The maximum atomic E-state index is 12.9. The molecule has 0 amide bonds. The molecule has 1 aromatic rings. The van der Waals surface area contributed by atoms with Crippen LogP contribution in [0.5, 0.6) is 0 Å². The number of thioether (sulfide) groups is 1. The van der Waals surface area contributed by atoms with Crippen molar-refractivity contribution < 1.29 is 33.0 Å². The van der Waals surface area contributed by atoms with Crippen LogP contribution < -0.4 is 0 Å². The lowest BCUT2D eigenvalue weighted by atomic mass is 9.90. The van der Waals surface area contributed by atoms with Gasteiger partial charge < -0.3 is 10.2 Å². The number of aromatic carboxylic acids is 1. The van der Waals surface area contributed by atoms with E-state index in [1.807, 2.05) is 6.08 Å². The summed E-state index contributed by atoms with van der Waals surface area (Å²) in [7, 11) is 0. The van der Waals surface area contributed by atoms with E-state index >= 15 is 0 Å². The number of carboxylic acids is 1. The van der Waals surface area contributed by atoms with Gasteiger partial charge in [0.1, 0.15) is 5.78 Å². The molecule has 0 aromatic carbocycles. The smallest absolute Gasteiger partial charge is 0.355 e. The maximum Gasteiger partial charge on any atom is 0.355 e. The number of aliphatic hydroxyl groups is 1. The number of ketones is 1. The van der Waals surface area contributed by atoms with Crippen LogP contribution in [0.2, 0.25) is 0 Å². The van der Waals surface area contributed by atoms with Crippen LogP contribution in [0.4, 0.5) is 13.2 Å². The highest BCUT2D eigenvalue weighted by atomic mass is 32.2. The Morgan fingerprint density at radius 1 is 1.43 bits per heavy atom. The van der Waals surface area contributed by atoms with Crippen LogP contribution >= 0.6 is 23.1 Å². The van der Waals surface area contributed by atoms with E-state index in [0.29, 0.717) is 29.4 Å². The van der Waals surface area contributed by atoms with Crippen LogP contribution in [0.3, 0.4) is 0 Å². The number of hydrogen-bond donors (Lipinski definition) is 2. The molecule has 2 rings (SSSR count). The van der Waals surface area contributed by atoms with E-state index in [1.165, 1.54) is 35.4 Å². The van der Waals surface area contributed by atoms with E-state index in [1.54, 1.807) is 6.08 Å². The van der Waals surface area contributed by atoms with Crippen molar-refractivity contribution in [2.24, 2.45) is 11.8 Å². The first-order valence-corrected chi connectivity index (χ1v) is 11.4. The normalized spacial score (nSPS) is 21.2. The maximum absolute atomic E-state index is 12.9. The zero-order valence-corrected chi connectivity index (χ0v) is 18.1. The highest BCUT2D eigenvalue weighted by Crippen LogP contribution is 2.35. The van der Waals surface area contributed by atoms with E-state index in [9.17, 15) is 27.9 Å². The van der Waals surface area contributed by atoms with Gasteiger partial charge in [-0.05, 0) is 38.5 Å². The Hall–Kier alpha value is -1.65. The molecule has 1 aromatic heterocycles. The third-order valence-electron chi connectivity index (χ3n) is 5.04. The lowest BCUT2D eigenvalue weighted by Crippen LogP contribution is -2.23. The van der Waals surface area contributed by atoms with Gasteiger partial charge in [-0.1, -0.05) is 23.9 Å². The van der Waals surface area contributed by atoms with Gasteiger partial charge in [0.2, 0.25) is 0 Å². The van der Waals surface area contributed by atoms with E-state index in [2.05, 4.69) is 4.98 Å². The number of nitrogens with zero attached hydrogens (tertiary/aromatic N) is 1. The Morgan fingerprint density at radius 2 is 2.17 bits per heavy atom. The fourth-order valence-electron chi connectivity index (χ4n) is 3.31. The van der Waals surface area contributed by atoms with Crippen LogP contribution in [-0.4, -0.2) is 38.3 Å². The topological polar surface area (TPSA) is 87.5 Å². The summed E-state index contributed by atoms with van der Waals surface area (Å²) in [5.41, 5.74) is -1.30. The summed E-state index contributed by atoms with van der Waals surface area (Å²) in [6.07, 6.45) is 2.59. The number of rotatable bonds is 11. The molecule has 166 valence electrons. The summed E-state index contributed by atoms with van der Waals surface area (Å²) < 4.78 is 37.8. The second-order valence-corrected chi connectivity index (χ2v) is 9.71. The van der Waals surface area contributed by atoms with Crippen molar-refractivity contribution in [3.63, 3.8) is 0 Å². The average molecular weight is 464 g/mol. The molecule has 5 nitrogen and oxygen atoms in total. The van der Waals surface area contributed by atoms with Crippen molar-refractivity contribution >= 4 is 34.9 Å². The van der Waals surface area contributed by atoms with Gasteiger partial charge in [0, 0.05) is 29.9 Å². The number of carbonyl (C=O) groups is 2. The zero-order chi connectivity index (χ0) is 22.3. The van der Waals surface area contributed by atoms with Crippen molar-refractivity contribution in [3.8, 4) is 0 Å². The first-order valence-electron chi connectivity index (χ1n) is 9.52. The third-order valence-corrected chi connectivity index (χ3v) is 7.09. The quantitative estimate of drug-likeness (QED) is 0.334. The second-order valence-electron chi connectivity index (χ2n) is 7.51. The number of thiazole rings is 1. The Labute approximate surface area is 181 Å². The molecule has 0 aliphatic heterocycles. The Bertz CT molecular complexity index is 819. The van der Waals surface area contributed by atoms with Gasteiger partial charge in [-0.15, -0.1) is 11.3 Å². The molecule has 2 N–H and O–H groups in total. The highest BCUT2D eigenvalue weighted by Gasteiger charge is 2.32. The van der Waals surface area contributed by atoms with Gasteiger partial charge in [0.25, 0.3) is 0 Å². The minimum Gasteiger partial charge on any atom is -0.476 e. The summed E-state index contributed by atoms with van der Waals surface area (Å²) in [6.45, 7) is 1.47. The molecule has 10 heteroatoms. The zero-order valence-electron chi connectivity index (χ0n) is 16.4.